The van der Waals surface area contributed by atoms with Crippen LogP contribution in [0.5, 0.6) is 0 Å². The molecule has 42 heavy (non-hydrogen) atoms. The summed E-state index contributed by atoms with van der Waals surface area (Å²) in [5.74, 6) is 1.85. The van der Waals surface area contributed by atoms with E-state index in [0.29, 0.717) is 34.9 Å². The molecule has 0 atom stereocenters. The Labute approximate surface area is 240 Å². The van der Waals surface area contributed by atoms with Crippen molar-refractivity contribution in [3.63, 3.8) is 0 Å². The monoisotopic (exact) mass is 558 g/mol. The molecule has 0 unspecified atom stereocenters. The number of aryl methyl sites for hydroxylation is 5. The summed E-state index contributed by atoms with van der Waals surface area (Å²) in [6.07, 6.45) is 0. The zero-order chi connectivity index (χ0) is 29.0. The molecule has 0 saturated heterocycles. The first kappa shape index (κ1) is 25.4. The molecule has 0 bridgehead atoms. The number of hydrogen-bond donors (Lipinski definition) is 0. The third-order valence-corrected chi connectivity index (χ3v) is 6.77. The third-order valence-electron chi connectivity index (χ3n) is 6.77. The van der Waals surface area contributed by atoms with Crippen molar-refractivity contribution in [3.05, 3.63) is 95.1 Å². The van der Waals surface area contributed by atoms with Gasteiger partial charge in [-0.15, -0.1) is 10.2 Å². The first-order valence-electron chi connectivity index (χ1n) is 13.4. The number of benzene rings is 2. The Balaban J connectivity index is 1.38. The van der Waals surface area contributed by atoms with Crippen molar-refractivity contribution in [1.29, 1.82) is 0 Å². The summed E-state index contributed by atoms with van der Waals surface area (Å²) in [6, 6.07) is 21.4. The van der Waals surface area contributed by atoms with Crippen molar-refractivity contribution >= 4 is 0 Å². The molecule has 2 aromatic carbocycles. The van der Waals surface area contributed by atoms with Gasteiger partial charge in [-0.25, -0.2) is 19.3 Å². The van der Waals surface area contributed by atoms with Crippen LogP contribution in [0.1, 0.15) is 28.3 Å². The van der Waals surface area contributed by atoms with Gasteiger partial charge in [0.25, 0.3) is 23.5 Å². The van der Waals surface area contributed by atoms with Crippen molar-refractivity contribution in [2.75, 3.05) is 0 Å². The molecule has 7 aromatic rings. The summed E-state index contributed by atoms with van der Waals surface area (Å²) in [5.41, 5.74) is 6.87. The van der Waals surface area contributed by atoms with Crippen LogP contribution in [0.25, 0.3) is 57.8 Å². The Bertz CT molecular complexity index is 2040. The van der Waals surface area contributed by atoms with Gasteiger partial charge in [0.1, 0.15) is 0 Å². The lowest BCUT2D eigenvalue weighted by atomic mass is 10.1. The van der Waals surface area contributed by atoms with Gasteiger partial charge in [0, 0.05) is 22.5 Å². The summed E-state index contributed by atoms with van der Waals surface area (Å²) in [7, 11) is 0. The topological polar surface area (TPSA) is 127 Å². The number of hydrogen-bond acceptors (Lipinski definition) is 9. The first-order valence-corrected chi connectivity index (χ1v) is 13.4. The summed E-state index contributed by atoms with van der Waals surface area (Å²) in [4.78, 5) is 9.54. The highest BCUT2D eigenvalue weighted by molar-refractivity contribution is 5.67. The predicted octanol–water partition coefficient (Wildman–Crippen LogP) is 6.63. The smallest absolute Gasteiger partial charge is 0.272 e. The highest BCUT2D eigenvalue weighted by atomic mass is 16.4. The van der Waals surface area contributed by atoms with Crippen LogP contribution in [0.15, 0.2) is 80.0 Å². The number of rotatable bonds is 6. The predicted molar refractivity (Wildman–Crippen MR) is 154 cm³/mol. The van der Waals surface area contributed by atoms with E-state index in [1.54, 1.807) is 9.36 Å². The summed E-state index contributed by atoms with van der Waals surface area (Å²) >= 11 is 0. The lowest BCUT2D eigenvalue weighted by Crippen LogP contribution is -2.00. The molecule has 0 aliphatic heterocycles. The van der Waals surface area contributed by atoms with Gasteiger partial charge in [0.15, 0.2) is 11.4 Å². The molecule has 0 fully saturated rings. The SMILES string of the molecule is Cc1ccc(-c2nc(-c3nnc(-c4nc(-c5ccccc5)oc4-n4nc(C)cc4C)o3)c(-n3nc(C)cc3C)o2)cc1. The minimum absolute atomic E-state index is 0.151. The van der Waals surface area contributed by atoms with E-state index in [1.165, 1.54) is 0 Å². The highest BCUT2D eigenvalue weighted by Gasteiger charge is 2.28. The average molecular weight is 559 g/mol. The van der Waals surface area contributed by atoms with Crippen LogP contribution in [0, 0.1) is 34.6 Å². The van der Waals surface area contributed by atoms with Gasteiger partial charge in [-0.2, -0.15) is 10.2 Å². The van der Waals surface area contributed by atoms with Gasteiger partial charge >= 0.3 is 0 Å². The van der Waals surface area contributed by atoms with E-state index in [2.05, 4.69) is 20.4 Å². The minimum atomic E-state index is 0.151. The minimum Gasteiger partial charge on any atom is -0.417 e. The molecule has 208 valence electrons. The van der Waals surface area contributed by atoms with Crippen LogP contribution < -0.4 is 0 Å². The number of oxazole rings is 2. The van der Waals surface area contributed by atoms with Gasteiger partial charge in [-0.05, 0) is 71.0 Å². The molecule has 0 saturated carbocycles. The van der Waals surface area contributed by atoms with E-state index in [1.807, 2.05) is 101 Å². The molecule has 0 aliphatic carbocycles. The number of aromatic nitrogens is 8. The van der Waals surface area contributed by atoms with Crippen LogP contribution in [-0.2, 0) is 0 Å². The van der Waals surface area contributed by atoms with Gasteiger partial charge in [0.2, 0.25) is 11.8 Å². The lowest BCUT2D eigenvalue weighted by molar-refractivity contribution is 0.520. The molecule has 11 heteroatoms. The molecule has 0 aliphatic rings. The van der Waals surface area contributed by atoms with Crippen molar-refractivity contribution in [2.24, 2.45) is 0 Å². The molecule has 0 amide bonds. The fourth-order valence-corrected chi connectivity index (χ4v) is 4.80. The maximum absolute atomic E-state index is 6.28. The molecule has 0 N–H and O–H groups in total. The Morgan fingerprint density at radius 2 is 1.00 bits per heavy atom. The third kappa shape index (κ3) is 4.40. The summed E-state index contributed by atoms with van der Waals surface area (Å²) in [5, 5.41) is 17.9. The standard InChI is InChI=1S/C31H26N8O3/c1-17-11-13-23(14-12-17)27-33-25(31(42-27)39-21(5)16-19(3)37-39)29-35-34-28(40-29)24-30(38-20(4)15-18(2)36-38)41-26(32-24)22-9-7-6-8-10-22/h6-16H,1-5H3. The van der Waals surface area contributed by atoms with Gasteiger partial charge < -0.3 is 13.3 Å². The van der Waals surface area contributed by atoms with Crippen molar-refractivity contribution < 1.29 is 13.3 Å². The van der Waals surface area contributed by atoms with Gasteiger partial charge in [-0.3, -0.25) is 0 Å². The Morgan fingerprint density at radius 1 is 0.524 bits per heavy atom. The van der Waals surface area contributed by atoms with Crippen LogP contribution in [-0.4, -0.2) is 39.7 Å². The maximum atomic E-state index is 6.28. The molecular formula is C31H26N8O3. The molecule has 0 spiro atoms. The normalized spacial score (nSPS) is 11.5. The van der Waals surface area contributed by atoms with Crippen molar-refractivity contribution in [2.45, 2.75) is 34.6 Å². The Kier molecular flexibility index (Phi) is 5.93. The van der Waals surface area contributed by atoms with Crippen LogP contribution in [0.2, 0.25) is 0 Å². The van der Waals surface area contributed by atoms with E-state index < -0.39 is 0 Å². The lowest BCUT2D eigenvalue weighted by Gasteiger charge is -2.01. The zero-order valence-corrected chi connectivity index (χ0v) is 23.7. The van der Waals surface area contributed by atoms with E-state index in [4.69, 9.17) is 23.2 Å². The molecule has 5 heterocycles. The van der Waals surface area contributed by atoms with E-state index in [0.717, 1.165) is 39.5 Å². The Hall–Kier alpha value is -5.58. The maximum Gasteiger partial charge on any atom is 0.272 e. The number of nitrogens with zero attached hydrogens (tertiary/aromatic N) is 8. The zero-order valence-electron chi connectivity index (χ0n) is 23.7. The van der Waals surface area contributed by atoms with E-state index in [-0.39, 0.29) is 11.8 Å². The molecule has 0 radical (unpaired) electrons. The quantitative estimate of drug-likeness (QED) is 0.221. The van der Waals surface area contributed by atoms with Crippen molar-refractivity contribution in [1.82, 2.24) is 39.7 Å². The molecular weight excluding hydrogens is 532 g/mol. The molecule has 5 aromatic heterocycles. The van der Waals surface area contributed by atoms with Crippen LogP contribution >= 0.6 is 0 Å². The van der Waals surface area contributed by atoms with Crippen LogP contribution in [0.3, 0.4) is 0 Å². The Morgan fingerprint density at radius 3 is 1.45 bits per heavy atom. The fraction of sp³-hybridized carbons (Fsp3) is 0.161. The second kappa shape index (κ2) is 9.81. The van der Waals surface area contributed by atoms with Crippen LogP contribution in [0.4, 0.5) is 0 Å². The summed E-state index contributed by atoms with van der Waals surface area (Å²) in [6.45, 7) is 9.74. The fourth-order valence-electron chi connectivity index (χ4n) is 4.80. The largest absolute Gasteiger partial charge is 0.417 e. The first-order chi connectivity index (χ1) is 20.3. The average Bonchev–Trinajstić information content (AvgIpc) is 3.80. The second-order valence-electron chi connectivity index (χ2n) is 10.2. The molecule has 11 nitrogen and oxygen atoms in total. The second-order valence-corrected chi connectivity index (χ2v) is 10.2. The van der Waals surface area contributed by atoms with Gasteiger partial charge in [-0.1, -0.05) is 35.9 Å². The summed E-state index contributed by atoms with van der Waals surface area (Å²) < 4.78 is 22.1. The highest BCUT2D eigenvalue weighted by Crippen LogP contribution is 2.36. The van der Waals surface area contributed by atoms with E-state index in [9.17, 15) is 0 Å². The molecule has 7 rings (SSSR count). The van der Waals surface area contributed by atoms with Gasteiger partial charge in [0.05, 0.1) is 11.4 Å². The van der Waals surface area contributed by atoms with E-state index >= 15 is 0 Å². The van der Waals surface area contributed by atoms with Crippen molar-refractivity contribution in [3.8, 4) is 57.8 Å².